The van der Waals surface area contributed by atoms with Crippen molar-refractivity contribution in [3.63, 3.8) is 0 Å². The molecule has 8 nitrogen and oxygen atoms in total. The van der Waals surface area contributed by atoms with Crippen LogP contribution in [0.5, 0.6) is 5.75 Å². The molecule has 0 unspecified atom stereocenters. The minimum atomic E-state index is -0.325. The van der Waals surface area contributed by atoms with Crippen molar-refractivity contribution in [3.05, 3.63) is 87.8 Å². The van der Waals surface area contributed by atoms with Crippen molar-refractivity contribution in [3.8, 4) is 28.3 Å². The van der Waals surface area contributed by atoms with Crippen molar-refractivity contribution in [1.29, 1.82) is 0 Å². The van der Waals surface area contributed by atoms with Gasteiger partial charge in [-0.1, -0.05) is 35.9 Å². The zero-order chi connectivity index (χ0) is 22.5. The van der Waals surface area contributed by atoms with Crippen molar-refractivity contribution < 1.29 is 9.53 Å². The number of benzene rings is 2. The second-order valence-corrected chi connectivity index (χ2v) is 7.38. The molecule has 2 N–H and O–H groups in total. The number of amides is 1. The van der Waals surface area contributed by atoms with E-state index >= 15 is 0 Å². The van der Waals surface area contributed by atoms with Gasteiger partial charge in [-0.3, -0.25) is 14.7 Å². The van der Waals surface area contributed by atoms with Gasteiger partial charge in [-0.05, 0) is 36.4 Å². The Morgan fingerprint density at radius 2 is 1.88 bits per heavy atom. The molecule has 2 heterocycles. The summed E-state index contributed by atoms with van der Waals surface area (Å²) in [5.41, 5.74) is 3.01. The van der Waals surface area contributed by atoms with E-state index < -0.39 is 0 Å². The molecule has 2 aromatic carbocycles. The Balaban J connectivity index is 1.40. The van der Waals surface area contributed by atoms with Crippen molar-refractivity contribution in [2.75, 3.05) is 13.7 Å². The molecule has 162 valence electrons. The van der Waals surface area contributed by atoms with Gasteiger partial charge in [0.2, 0.25) is 0 Å². The largest absolute Gasteiger partial charge is 0.497 e. The summed E-state index contributed by atoms with van der Waals surface area (Å²) in [5, 5.41) is 14.7. The normalized spacial score (nSPS) is 10.7. The molecule has 32 heavy (non-hydrogen) atoms. The molecule has 0 bridgehead atoms. The van der Waals surface area contributed by atoms with Crippen molar-refractivity contribution in [1.82, 2.24) is 25.3 Å². The minimum absolute atomic E-state index is 0.225. The van der Waals surface area contributed by atoms with Crippen LogP contribution in [0.1, 0.15) is 10.5 Å². The number of aromatic amines is 1. The lowest BCUT2D eigenvalue weighted by Crippen LogP contribution is -2.32. The van der Waals surface area contributed by atoms with Crippen molar-refractivity contribution in [2.45, 2.75) is 6.54 Å². The zero-order valence-electron chi connectivity index (χ0n) is 17.2. The summed E-state index contributed by atoms with van der Waals surface area (Å²) in [4.78, 5) is 24.6. The van der Waals surface area contributed by atoms with Crippen LogP contribution in [0.2, 0.25) is 5.02 Å². The van der Waals surface area contributed by atoms with E-state index in [2.05, 4.69) is 20.6 Å². The Bertz CT molecular complexity index is 1300. The third-order valence-corrected chi connectivity index (χ3v) is 5.06. The van der Waals surface area contributed by atoms with Gasteiger partial charge in [0.05, 0.1) is 25.0 Å². The predicted octanol–water partition coefficient (Wildman–Crippen LogP) is 3.39. The molecule has 9 heteroatoms. The molecular weight excluding hydrogens is 430 g/mol. The number of H-pyrrole nitrogens is 1. The number of halogens is 1. The number of carbonyl (C=O) groups is 1. The van der Waals surface area contributed by atoms with Gasteiger partial charge >= 0.3 is 0 Å². The number of hydrogen-bond acceptors (Lipinski definition) is 5. The summed E-state index contributed by atoms with van der Waals surface area (Å²) in [6.07, 6.45) is 0. The van der Waals surface area contributed by atoms with Gasteiger partial charge in [0.25, 0.3) is 11.5 Å². The van der Waals surface area contributed by atoms with Crippen molar-refractivity contribution >= 4 is 17.5 Å². The maximum atomic E-state index is 12.5. The fourth-order valence-corrected chi connectivity index (χ4v) is 3.25. The third-order valence-electron chi connectivity index (χ3n) is 4.80. The lowest BCUT2D eigenvalue weighted by Gasteiger charge is -2.08. The van der Waals surface area contributed by atoms with E-state index in [-0.39, 0.29) is 24.6 Å². The van der Waals surface area contributed by atoms with E-state index in [1.807, 2.05) is 36.4 Å². The Morgan fingerprint density at radius 1 is 1.06 bits per heavy atom. The first kappa shape index (κ1) is 21.3. The van der Waals surface area contributed by atoms with E-state index in [1.165, 1.54) is 10.7 Å². The van der Waals surface area contributed by atoms with Gasteiger partial charge in [-0.25, -0.2) is 4.68 Å². The van der Waals surface area contributed by atoms with Gasteiger partial charge in [0, 0.05) is 28.8 Å². The molecule has 0 aliphatic heterocycles. The molecule has 0 fully saturated rings. The molecule has 0 aliphatic carbocycles. The Morgan fingerprint density at radius 3 is 2.66 bits per heavy atom. The molecule has 0 saturated carbocycles. The molecule has 0 aliphatic rings. The van der Waals surface area contributed by atoms with Gasteiger partial charge in [0.15, 0.2) is 0 Å². The Kier molecular flexibility index (Phi) is 6.32. The second-order valence-electron chi connectivity index (χ2n) is 6.94. The van der Waals surface area contributed by atoms with Crippen LogP contribution in [0.15, 0.2) is 71.5 Å². The van der Waals surface area contributed by atoms with Crippen LogP contribution in [-0.2, 0) is 6.54 Å². The highest BCUT2D eigenvalue weighted by molar-refractivity contribution is 6.30. The predicted molar refractivity (Wildman–Crippen MR) is 122 cm³/mol. The molecule has 0 saturated heterocycles. The van der Waals surface area contributed by atoms with Crippen LogP contribution in [-0.4, -0.2) is 39.5 Å². The Hall–Kier alpha value is -3.91. The molecule has 4 aromatic rings. The molecule has 0 spiro atoms. The van der Waals surface area contributed by atoms with E-state index in [4.69, 9.17) is 16.3 Å². The van der Waals surface area contributed by atoms with Crippen LogP contribution < -0.4 is 15.6 Å². The summed E-state index contributed by atoms with van der Waals surface area (Å²) in [5.74, 6) is 0.379. The first-order valence-corrected chi connectivity index (χ1v) is 10.2. The monoisotopic (exact) mass is 449 g/mol. The highest BCUT2D eigenvalue weighted by atomic mass is 35.5. The van der Waals surface area contributed by atoms with Crippen LogP contribution in [0, 0.1) is 0 Å². The van der Waals surface area contributed by atoms with E-state index in [9.17, 15) is 9.59 Å². The summed E-state index contributed by atoms with van der Waals surface area (Å²) in [6.45, 7) is 0.451. The van der Waals surface area contributed by atoms with Crippen molar-refractivity contribution in [2.24, 2.45) is 0 Å². The van der Waals surface area contributed by atoms with Gasteiger partial charge in [-0.2, -0.15) is 10.2 Å². The third kappa shape index (κ3) is 4.87. The van der Waals surface area contributed by atoms with Crippen LogP contribution in [0.25, 0.3) is 22.5 Å². The Labute approximate surface area is 188 Å². The zero-order valence-corrected chi connectivity index (χ0v) is 18.0. The van der Waals surface area contributed by atoms with Crippen LogP contribution in [0.3, 0.4) is 0 Å². The number of nitrogens with one attached hydrogen (secondary N) is 2. The number of ether oxygens (including phenoxy) is 1. The van der Waals surface area contributed by atoms with E-state index in [0.717, 1.165) is 11.1 Å². The van der Waals surface area contributed by atoms with Crippen LogP contribution >= 0.6 is 11.6 Å². The lowest BCUT2D eigenvalue weighted by atomic mass is 10.1. The quantitative estimate of drug-likeness (QED) is 0.450. The molecular formula is C23H20ClN5O3. The van der Waals surface area contributed by atoms with Crippen LogP contribution in [0.4, 0.5) is 0 Å². The van der Waals surface area contributed by atoms with E-state index in [0.29, 0.717) is 27.9 Å². The summed E-state index contributed by atoms with van der Waals surface area (Å²) < 4.78 is 6.54. The lowest BCUT2D eigenvalue weighted by molar-refractivity contribution is 0.0946. The number of hydrogen-bond donors (Lipinski definition) is 2. The maximum Gasteiger partial charge on any atom is 0.269 e. The first-order valence-electron chi connectivity index (χ1n) is 9.85. The minimum Gasteiger partial charge on any atom is -0.497 e. The summed E-state index contributed by atoms with van der Waals surface area (Å²) in [6, 6.07) is 19.4. The van der Waals surface area contributed by atoms with Gasteiger partial charge in [0.1, 0.15) is 11.4 Å². The fourth-order valence-electron chi connectivity index (χ4n) is 3.12. The smallest absolute Gasteiger partial charge is 0.269 e. The highest BCUT2D eigenvalue weighted by Crippen LogP contribution is 2.22. The number of aromatic nitrogens is 4. The first-order chi connectivity index (χ1) is 15.5. The highest BCUT2D eigenvalue weighted by Gasteiger charge is 2.12. The summed E-state index contributed by atoms with van der Waals surface area (Å²) >= 11 is 5.93. The summed E-state index contributed by atoms with van der Waals surface area (Å²) in [7, 11) is 1.59. The average Bonchev–Trinajstić information content (AvgIpc) is 3.31. The molecule has 1 amide bonds. The van der Waals surface area contributed by atoms with Gasteiger partial charge in [-0.15, -0.1) is 0 Å². The number of carbonyl (C=O) groups excluding carboxylic acids is 1. The van der Waals surface area contributed by atoms with E-state index in [1.54, 1.807) is 31.4 Å². The SMILES string of the molecule is COc1cccc(-c2cc(C(=O)NCCn3nc(-c4ccc(Cl)cc4)ccc3=O)[nH]n2)c1. The number of nitrogens with zero attached hydrogens (tertiary/aromatic N) is 3. The average molecular weight is 450 g/mol. The maximum absolute atomic E-state index is 12.5. The number of methoxy groups -OCH3 is 1. The standard InChI is InChI=1S/C23H20ClN5O3/c1-32-18-4-2-3-16(13-18)20-14-21(27-26-20)23(31)25-11-12-29-22(30)10-9-19(28-29)15-5-7-17(24)8-6-15/h2-10,13-14H,11-12H2,1H3,(H,25,31)(H,26,27). The molecule has 0 atom stereocenters. The molecule has 4 rings (SSSR count). The molecule has 2 aromatic heterocycles. The topological polar surface area (TPSA) is 102 Å². The molecule has 0 radical (unpaired) electrons. The fraction of sp³-hybridized carbons (Fsp3) is 0.130. The second kappa shape index (κ2) is 9.49. The number of rotatable bonds is 7. The van der Waals surface area contributed by atoms with Gasteiger partial charge < -0.3 is 10.1 Å².